The van der Waals surface area contributed by atoms with Crippen LogP contribution in [0.25, 0.3) is 0 Å². The molecular formula is C11H20N2O2. The number of piperidine rings is 1. The Hall–Kier alpha value is -0.610. The molecule has 2 fully saturated rings. The third-order valence-corrected chi connectivity index (χ3v) is 3.61. The number of nitrogens with one attached hydrogen (secondary N) is 1. The van der Waals surface area contributed by atoms with Crippen LogP contribution in [0.3, 0.4) is 0 Å². The van der Waals surface area contributed by atoms with Crippen molar-refractivity contribution in [1.82, 2.24) is 10.2 Å². The van der Waals surface area contributed by atoms with Gasteiger partial charge in [0.1, 0.15) is 0 Å². The van der Waals surface area contributed by atoms with Crippen molar-refractivity contribution < 1.29 is 9.90 Å². The van der Waals surface area contributed by atoms with Gasteiger partial charge in [-0.2, -0.15) is 0 Å². The third-order valence-electron chi connectivity index (χ3n) is 3.61. The molecule has 2 atom stereocenters. The molecule has 1 amide bonds. The maximum absolute atomic E-state index is 12.1. The number of aliphatic hydroxyl groups is 1. The van der Waals surface area contributed by atoms with Crippen LogP contribution in [0.5, 0.6) is 0 Å². The van der Waals surface area contributed by atoms with Crippen LogP contribution >= 0.6 is 0 Å². The predicted octanol–water partition coefficient (Wildman–Crippen LogP) is -0.175. The number of aliphatic hydroxyl groups excluding tert-OH is 1. The number of carbonyl (C=O) groups is 1. The van der Waals surface area contributed by atoms with Gasteiger partial charge in [-0.15, -0.1) is 0 Å². The molecule has 2 saturated heterocycles. The summed E-state index contributed by atoms with van der Waals surface area (Å²) in [7, 11) is 0. The summed E-state index contributed by atoms with van der Waals surface area (Å²) < 4.78 is 0. The van der Waals surface area contributed by atoms with E-state index in [1.165, 1.54) is 0 Å². The quantitative estimate of drug-likeness (QED) is 0.634. The van der Waals surface area contributed by atoms with Crippen LogP contribution in [0.4, 0.5) is 0 Å². The van der Waals surface area contributed by atoms with Crippen LogP contribution in [0, 0.1) is 11.8 Å². The van der Waals surface area contributed by atoms with Gasteiger partial charge in [0.2, 0.25) is 5.91 Å². The van der Waals surface area contributed by atoms with Crippen LogP contribution in [-0.4, -0.2) is 48.2 Å². The molecule has 0 aliphatic carbocycles. The fraction of sp³-hybridized carbons (Fsp3) is 0.909. The van der Waals surface area contributed by atoms with Gasteiger partial charge < -0.3 is 15.3 Å². The van der Waals surface area contributed by atoms with Gasteiger partial charge in [-0.3, -0.25) is 4.79 Å². The molecule has 0 aromatic rings. The zero-order valence-electron chi connectivity index (χ0n) is 9.28. The number of amides is 1. The summed E-state index contributed by atoms with van der Waals surface area (Å²) in [6.07, 6.45) is 1.27. The minimum atomic E-state index is -0.201. The summed E-state index contributed by atoms with van der Waals surface area (Å²) in [5.74, 6) is 0.879. The maximum Gasteiger partial charge on any atom is 0.227 e. The van der Waals surface area contributed by atoms with Gasteiger partial charge in [0.15, 0.2) is 0 Å². The molecule has 0 radical (unpaired) electrons. The molecule has 2 rings (SSSR count). The molecule has 15 heavy (non-hydrogen) atoms. The number of likely N-dealkylation sites (tertiary alicyclic amines) is 1. The van der Waals surface area contributed by atoms with Gasteiger partial charge >= 0.3 is 0 Å². The van der Waals surface area contributed by atoms with Gasteiger partial charge in [0.05, 0.1) is 12.0 Å². The van der Waals surface area contributed by atoms with Crippen molar-refractivity contribution in [2.75, 3.05) is 26.2 Å². The molecule has 2 heterocycles. The van der Waals surface area contributed by atoms with E-state index in [2.05, 4.69) is 12.2 Å². The first kappa shape index (κ1) is 10.9. The van der Waals surface area contributed by atoms with E-state index in [0.29, 0.717) is 5.92 Å². The molecule has 2 N–H and O–H groups in total. The summed E-state index contributed by atoms with van der Waals surface area (Å²) in [5, 5.41) is 12.6. The third kappa shape index (κ3) is 2.32. The summed E-state index contributed by atoms with van der Waals surface area (Å²) in [4.78, 5) is 14.0. The maximum atomic E-state index is 12.1. The Labute approximate surface area is 90.6 Å². The fourth-order valence-corrected chi connectivity index (χ4v) is 2.46. The number of rotatable bonds is 1. The van der Waals surface area contributed by atoms with Crippen LogP contribution < -0.4 is 5.32 Å². The van der Waals surface area contributed by atoms with Gasteiger partial charge in [0, 0.05) is 19.6 Å². The van der Waals surface area contributed by atoms with E-state index in [0.717, 1.165) is 39.0 Å². The van der Waals surface area contributed by atoms with Crippen molar-refractivity contribution in [3.8, 4) is 0 Å². The minimum absolute atomic E-state index is 0.153. The second-order valence-electron chi connectivity index (χ2n) is 4.80. The van der Waals surface area contributed by atoms with E-state index in [4.69, 9.17) is 0 Å². The molecule has 2 aliphatic heterocycles. The Morgan fingerprint density at radius 3 is 2.53 bits per heavy atom. The van der Waals surface area contributed by atoms with Gasteiger partial charge in [0.25, 0.3) is 0 Å². The minimum Gasteiger partial charge on any atom is -0.393 e. The molecule has 2 aliphatic rings. The molecule has 4 nitrogen and oxygen atoms in total. The highest BCUT2D eigenvalue weighted by Gasteiger charge is 2.33. The molecular weight excluding hydrogens is 192 g/mol. The Balaban J connectivity index is 1.90. The summed E-state index contributed by atoms with van der Waals surface area (Å²) in [6, 6.07) is 0. The standard InChI is InChI=1S/C11H20N2O2/c1-8-6-12-7-10(8)11(15)13-4-2-9(14)3-5-13/h8-10,12,14H,2-7H2,1H3/t8-,10-/m1/s1. The molecule has 0 aromatic carbocycles. The lowest BCUT2D eigenvalue weighted by Crippen LogP contribution is -2.44. The number of hydrogen-bond donors (Lipinski definition) is 2. The van der Waals surface area contributed by atoms with Crippen molar-refractivity contribution in [3.63, 3.8) is 0 Å². The number of nitrogens with zero attached hydrogens (tertiary/aromatic N) is 1. The van der Waals surface area contributed by atoms with Gasteiger partial charge in [-0.25, -0.2) is 0 Å². The monoisotopic (exact) mass is 212 g/mol. The summed E-state index contributed by atoms with van der Waals surface area (Å²) in [5.41, 5.74) is 0. The zero-order chi connectivity index (χ0) is 10.8. The summed E-state index contributed by atoms with van der Waals surface area (Å²) >= 11 is 0. The lowest BCUT2D eigenvalue weighted by atomic mass is 9.95. The Bertz CT molecular complexity index is 237. The highest BCUT2D eigenvalue weighted by Crippen LogP contribution is 2.21. The van der Waals surface area contributed by atoms with Crippen LogP contribution in [-0.2, 0) is 4.79 Å². The first-order valence-corrected chi connectivity index (χ1v) is 5.86. The number of hydrogen-bond acceptors (Lipinski definition) is 3. The Kier molecular flexibility index (Phi) is 3.26. The molecule has 0 spiro atoms. The van der Waals surface area contributed by atoms with E-state index in [1.807, 2.05) is 4.90 Å². The normalized spacial score (nSPS) is 33.3. The van der Waals surface area contributed by atoms with E-state index < -0.39 is 0 Å². The molecule has 0 aromatic heterocycles. The first-order chi connectivity index (χ1) is 7.18. The topological polar surface area (TPSA) is 52.6 Å². The average molecular weight is 212 g/mol. The van der Waals surface area contributed by atoms with E-state index >= 15 is 0 Å². The van der Waals surface area contributed by atoms with Crippen molar-refractivity contribution in [2.24, 2.45) is 11.8 Å². The Morgan fingerprint density at radius 2 is 2.00 bits per heavy atom. The van der Waals surface area contributed by atoms with Crippen molar-refractivity contribution in [3.05, 3.63) is 0 Å². The van der Waals surface area contributed by atoms with Crippen molar-refractivity contribution in [1.29, 1.82) is 0 Å². The van der Waals surface area contributed by atoms with E-state index in [1.54, 1.807) is 0 Å². The van der Waals surface area contributed by atoms with Crippen LogP contribution in [0.15, 0.2) is 0 Å². The second kappa shape index (κ2) is 4.49. The van der Waals surface area contributed by atoms with Crippen LogP contribution in [0.1, 0.15) is 19.8 Å². The van der Waals surface area contributed by atoms with E-state index in [-0.39, 0.29) is 17.9 Å². The number of carbonyl (C=O) groups excluding carboxylic acids is 1. The average Bonchev–Trinajstić information content (AvgIpc) is 2.65. The lowest BCUT2D eigenvalue weighted by molar-refractivity contribution is -0.138. The summed E-state index contributed by atoms with van der Waals surface area (Å²) in [6.45, 7) is 5.35. The smallest absolute Gasteiger partial charge is 0.227 e. The highest BCUT2D eigenvalue weighted by atomic mass is 16.3. The SMILES string of the molecule is C[C@@H]1CNC[C@H]1C(=O)N1CCC(O)CC1. The first-order valence-electron chi connectivity index (χ1n) is 5.86. The fourth-order valence-electron chi connectivity index (χ4n) is 2.46. The zero-order valence-corrected chi connectivity index (χ0v) is 9.28. The molecule has 4 heteroatoms. The predicted molar refractivity (Wildman–Crippen MR) is 57.3 cm³/mol. The second-order valence-corrected chi connectivity index (χ2v) is 4.80. The highest BCUT2D eigenvalue weighted by molar-refractivity contribution is 5.79. The molecule has 0 saturated carbocycles. The lowest BCUT2D eigenvalue weighted by Gasteiger charge is -2.32. The van der Waals surface area contributed by atoms with Gasteiger partial charge in [-0.1, -0.05) is 6.92 Å². The van der Waals surface area contributed by atoms with Crippen molar-refractivity contribution >= 4 is 5.91 Å². The molecule has 86 valence electrons. The largest absolute Gasteiger partial charge is 0.393 e. The van der Waals surface area contributed by atoms with E-state index in [9.17, 15) is 9.90 Å². The van der Waals surface area contributed by atoms with Crippen molar-refractivity contribution in [2.45, 2.75) is 25.9 Å². The Morgan fingerprint density at radius 1 is 1.33 bits per heavy atom. The van der Waals surface area contributed by atoms with Gasteiger partial charge in [-0.05, 0) is 25.3 Å². The molecule has 0 unspecified atom stereocenters. The van der Waals surface area contributed by atoms with Crippen LogP contribution in [0.2, 0.25) is 0 Å². The molecule has 0 bridgehead atoms.